The van der Waals surface area contributed by atoms with Crippen LogP contribution in [0.25, 0.3) is 0 Å². The van der Waals surface area contributed by atoms with Crippen LogP contribution < -0.4 is 15.4 Å². The molecule has 0 bridgehead atoms. The number of thiophene rings is 1. The van der Waals surface area contributed by atoms with Gasteiger partial charge in [-0.25, -0.2) is 9.37 Å². The van der Waals surface area contributed by atoms with Crippen LogP contribution in [0.2, 0.25) is 0 Å². The van der Waals surface area contributed by atoms with Crippen LogP contribution in [0.1, 0.15) is 31.6 Å². The smallest absolute Gasteiger partial charge is 0.270 e. The van der Waals surface area contributed by atoms with E-state index in [4.69, 9.17) is 4.74 Å². The Balaban J connectivity index is 1.37. The number of benzene rings is 1. The fourth-order valence-corrected chi connectivity index (χ4v) is 3.59. The van der Waals surface area contributed by atoms with Crippen molar-refractivity contribution in [3.8, 4) is 5.75 Å². The maximum absolute atomic E-state index is 13.5. The molecule has 0 saturated heterocycles. The zero-order chi connectivity index (χ0) is 19.8. The molecule has 2 aromatic heterocycles. The number of carbonyl (C=O) groups is 2. The van der Waals surface area contributed by atoms with Crippen LogP contribution in [0.5, 0.6) is 5.75 Å². The molecule has 0 spiro atoms. The van der Waals surface area contributed by atoms with E-state index in [1.165, 1.54) is 34.8 Å². The van der Waals surface area contributed by atoms with Gasteiger partial charge in [-0.2, -0.15) is 0 Å². The molecular weight excluding hydrogens is 401 g/mol. The third kappa shape index (κ3) is 5.61. The quantitative estimate of drug-likeness (QED) is 0.521. The Hall–Kier alpha value is -2.78. The highest BCUT2D eigenvalue weighted by atomic mass is 32.1. The van der Waals surface area contributed by atoms with Gasteiger partial charge in [0.05, 0.1) is 4.88 Å². The van der Waals surface area contributed by atoms with Gasteiger partial charge in [0.25, 0.3) is 11.8 Å². The van der Waals surface area contributed by atoms with Gasteiger partial charge in [0, 0.05) is 18.5 Å². The Morgan fingerprint density at radius 3 is 2.57 bits per heavy atom. The highest BCUT2D eigenvalue weighted by molar-refractivity contribution is 7.12. The summed E-state index contributed by atoms with van der Waals surface area (Å²) in [6.45, 7) is 0.978. The number of para-hydroxylation sites is 1. The average Bonchev–Trinajstić information content (AvgIpc) is 3.39. The number of rotatable bonds is 9. The molecule has 0 fully saturated rings. The molecule has 0 radical (unpaired) electrons. The molecular formula is C19H18FN3O3S2. The molecule has 28 heavy (non-hydrogen) atoms. The number of carbonyl (C=O) groups excluding carboxylic acids is 2. The molecule has 2 amide bonds. The maximum Gasteiger partial charge on any atom is 0.270 e. The summed E-state index contributed by atoms with van der Waals surface area (Å²) in [6, 6.07) is 9.71. The minimum Gasteiger partial charge on any atom is -0.483 e. The van der Waals surface area contributed by atoms with Gasteiger partial charge in [0.2, 0.25) is 0 Å². The average molecular weight is 420 g/mol. The predicted molar refractivity (Wildman–Crippen MR) is 106 cm³/mol. The fourth-order valence-electron chi connectivity index (χ4n) is 2.26. The Kier molecular flexibility index (Phi) is 7.10. The Bertz CT molecular complexity index is 928. The zero-order valence-corrected chi connectivity index (χ0v) is 16.4. The van der Waals surface area contributed by atoms with E-state index in [0.717, 1.165) is 0 Å². The lowest BCUT2D eigenvalue weighted by atomic mass is 10.3. The van der Waals surface area contributed by atoms with Gasteiger partial charge >= 0.3 is 0 Å². The zero-order valence-electron chi connectivity index (χ0n) is 14.8. The van der Waals surface area contributed by atoms with Crippen molar-refractivity contribution in [2.45, 2.75) is 13.0 Å². The highest BCUT2D eigenvalue weighted by Gasteiger charge is 2.11. The van der Waals surface area contributed by atoms with Gasteiger partial charge in [-0.05, 0) is 30.0 Å². The summed E-state index contributed by atoms with van der Waals surface area (Å²) in [6.07, 6.45) is 0.607. The first-order chi connectivity index (χ1) is 13.6. The molecule has 6 nitrogen and oxygen atoms in total. The van der Waals surface area contributed by atoms with E-state index >= 15 is 0 Å². The Labute approximate surface area is 169 Å². The van der Waals surface area contributed by atoms with Gasteiger partial charge < -0.3 is 15.4 Å². The van der Waals surface area contributed by atoms with E-state index < -0.39 is 5.82 Å². The molecule has 0 aliphatic rings. The Morgan fingerprint density at radius 1 is 1.04 bits per heavy atom. The van der Waals surface area contributed by atoms with Crippen LogP contribution in [0.4, 0.5) is 4.39 Å². The summed E-state index contributed by atoms with van der Waals surface area (Å²) in [5.41, 5.74) is 0.291. The number of hydrogen-bond acceptors (Lipinski definition) is 6. The third-order valence-electron chi connectivity index (χ3n) is 3.64. The van der Waals surface area contributed by atoms with E-state index in [9.17, 15) is 14.0 Å². The van der Waals surface area contributed by atoms with Crippen molar-refractivity contribution in [2.24, 2.45) is 0 Å². The second kappa shape index (κ2) is 9.95. The molecule has 1 aromatic carbocycles. The van der Waals surface area contributed by atoms with Crippen molar-refractivity contribution in [3.05, 3.63) is 68.6 Å². The van der Waals surface area contributed by atoms with Crippen LogP contribution in [0.3, 0.4) is 0 Å². The number of ether oxygens (including phenoxy) is 1. The topological polar surface area (TPSA) is 80.3 Å². The first-order valence-electron chi connectivity index (χ1n) is 8.55. The van der Waals surface area contributed by atoms with Gasteiger partial charge in [-0.15, -0.1) is 22.7 Å². The maximum atomic E-state index is 13.5. The van der Waals surface area contributed by atoms with Crippen LogP contribution in [-0.4, -0.2) is 29.9 Å². The molecule has 3 aromatic rings. The highest BCUT2D eigenvalue weighted by Crippen LogP contribution is 2.18. The number of halogens is 1. The van der Waals surface area contributed by atoms with Crippen molar-refractivity contribution >= 4 is 34.5 Å². The number of thiazole rings is 1. The molecule has 9 heteroatoms. The first-order valence-corrected chi connectivity index (χ1v) is 10.3. The number of nitrogens with one attached hydrogen (secondary N) is 2. The van der Waals surface area contributed by atoms with E-state index in [0.29, 0.717) is 35.1 Å². The van der Waals surface area contributed by atoms with Gasteiger partial charge in [0.15, 0.2) is 11.6 Å². The molecule has 2 heterocycles. The minimum atomic E-state index is -0.441. The summed E-state index contributed by atoms with van der Waals surface area (Å²) in [7, 11) is 0. The summed E-state index contributed by atoms with van der Waals surface area (Å²) in [5.74, 6) is -0.699. The Morgan fingerprint density at radius 2 is 1.82 bits per heavy atom. The molecule has 3 rings (SSSR count). The second-order valence-electron chi connectivity index (χ2n) is 5.69. The lowest BCUT2D eigenvalue weighted by Crippen LogP contribution is -2.29. The van der Waals surface area contributed by atoms with E-state index in [1.54, 1.807) is 23.6 Å². The van der Waals surface area contributed by atoms with E-state index in [2.05, 4.69) is 15.6 Å². The predicted octanol–water partition coefficient (Wildman–Crippen LogP) is 3.47. The van der Waals surface area contributed by atoms with Crippen molar-refractivity contribution < 1.29 is 18.7 Å². The molecule has 0 aliphatic carbocycles. The third-order valence-corrected chi connectivity index (χ3v) is 5.33. The molecule has 0 saturated carbocycles. The normalized spacial score (nSPS) is 10.5. The number of aromatic nitrogens is 1. The minimum absolute atomic E-state index is 0.0909. The second-order valence-corrected chi connectivity index (χ2v) is 7.58. The molecule has 0 aliphatic heterocycles. The fraction of sp³-hybridized carbons (Fsp3) is 0.211. The van der Waals surface area contributed by atoms with E-state index in [-0.39, 0.29) is 24.2 Å². The SMILES string of the molecule is O=C(NCCCNC(=O)c1cccs1)c1csc(COc2ccccc2F)n1. The largest absolute Gasteiger partial charge is 0.483 e. The molecule has 2 N–H and O–H groups in total. The monoisotopic (exact) mass is 419 g/mol. The van der Waals surface area contributed by atoms with Crippen LogP contribution >= 0.6 is 22.7 Å². The molecule has 0 atom stereocenters. The van der Waals surface area contributed by atoms with Crippen molar-refractivity contribution in [3.63, 3.8) is 0 Å². The lowest BCUT2D eigenvalue weighted by molar-refractivity contribution is 0.0948. The summed E-state index contributed by atoms with van der Waals surface area (Å²) >= 11 is 2.66. The number of amides is 2. The molecule has 0 unspecified atom stereocenters. The van der Waals surface area contributed by atoms with E-state index in [1.807, 2.05) is 11.4 Å². The summed E-state index contributed by atoms with van der Waals surface area (Å²) < 4.78 is 18.9. The van der Waals surface area contributed by atoms with Crippen molar-refractivity contribution in [1.82, 2.24) is 15.6 Å². The van der Waals surface area contributed by atoms with Crippen LogP contribution in [-0.2, 0) is 6.61 Å². The summed E-state index contributed by atoms with van der Waals surface area (Å²) in [4.78, 5) is 28.8. The first kappa shape index (κ1) is 20.0. The molecule has 146 valence electrons. The van der Waals surface area contributed by atoms with Gasteiger partial charge in [-0.3, -0.25) is 9.59 Å². The lowest BCUT2D eigenvalue weighted by Gasteiger charge is -2.05. The van der Waals surface area contributed by atoms with Crippen LogP contribution in [0, 0.1) is 5.82 Å². The van der Waals surface area contributed by atoms with Gasteiger partial charge in [-0.1, -0.05) is 18.2 Å². The van der Waals surface area contributed by atoms with Crippen molar-refractivity contribution in [1.29, 1.82) is 0 Å². The number of hydrogen-bond donors (Lipinski definition) is 2. The van der Waals surface area contributed by atoms with Crippen LogP contribution in [0.15, 0.2) is 47.2 Å². The standard InChI is InChI=1S/C19H18FN3O3S2/c20-13-5-1-2-6-15(13)26-11-17-23-14(12-28-17)18(24)21-8-4-9-22-19(25)16-7-3-10-27-16/h1-3,5-7,10,12H,4,8-9,11H2,(H,21,24)(H,22,25). The van der Waals surface area contributed by atoms with Gasteiger partial charge in [0.1, 0.15) is 17.3 Å². The number of nitrogens with zero attached hydrogens (tertiary/aromatic N) is 1. The van der Waals surface area contributed by atoms with Crippen molar-refractivity contribution in [2.75, 3.05) is 13.1 Å². The summed E-state index contributed by atoms with van der Waals surface area (Å²) in [5, 5.41) is 9.62.